The zero-order chi connectivity index (χ0) is 22.2. The Morgan fingerprint density at radius 3 is 2.39 bits per heavy atom. The summed E-state index contributed by atoms with van der Waals surface area (Å²) < 4.78 is 54.9. The molecule has 5 nitrogen and oxygen atoms in total. The fourth-order valence-corrected chi connectivity index (χ4v) is 5.33. The van der Waals surface area contributed by atoms with Crippen LogP contribution in [0.25, 0.3) is 10.2 Å². The highest BCUT2D eigenvalue weighted by molar-refractivity contribution is 7.18. The summed E-state index contributed by atoms with van der Waals surface area (Å²) in [5.41, 5.74) is -2.34. The zero-order valence-corrected chi connectivity index (χ0v) is 18.2. The van der Waals surface area contributed by atoms with Crippen molar-refractivity contribution < 1.29 is 27.8 Å². The minimum absolute atomic E-state index is 0.143. The number of methoxy groups -OCH3 is 1. The van der Waals surface area contributed by atoms with Gasteiger partial charge in [-0.25, -0.2) is 0 Å². The van der Waals surface area contributed by atoms with E-state index in [4.69, 9.17) is 9.47 Å². The molecule has 1 aliphatic rings. The molecule has 2 aromatic heterocycles. The Morgan fingerprint density at radius 1 is 1.10 bits per heavy atom. The van der Waals surface area contributed by atoms with Gasteiger partial charge in [-0.05, 0) is 36.8 Å². The number of nitrogens with zero attached hydrogens (tertiary/aromatic N) is 2. The third-order valence-electron chi connectivity index (χ3n) is 5.79. The van der Waals surface area contributed by atoms with Gasteiger partial charge in [0.15, 0.2) is 0 Å². The van der Waals surface area contributed by atoms with Crippen LogP contribution in [-0.2, 0) is 16.9 Å². The molecule has 3 heterocycles. The fraction of sp³-hybridized carbons (Fsp3) is 0.455. The average Bonchev–Trinajstić information content (AvgIpc) is 3.29. The van der Waals surface area contributed by atoms with Crippen LogP contribution >= 0.6 is 11.3 Å². The van der Waals surface area contributed by atoms with E-state index in [1.54, 1.807) is 0 Å². The Balaban J connectivity index is 1.70. The molecule has 4 rings (SSSR count). The van der Waals surface area contributed by atoms with Crippen LogP contribution in [0.4, 0.5) is 13.2 Å². The van der Waals surface area contributed by atoms with Gasteiger partial charge in [-0.1, -0.05) is 12.1 Å². The first kappa shape index (κ1) is 22.1. The van der Waals surface area contributed by atoms with Crippen molar-refractivity contribution in [2.45, 2.75) is 25.2 Å². The lowest BCUT2D eigenvalue weighted by atomic mass is 9.91. The standard InChI is InChI=1S/C22H25F3N2O3S/c1-15-13-16-14-19(31-20(16)27(15)8-7-26-9-11-30-12-10-26)21(28,22(23,24)25)17-3-5-18(29-2)6-4-17/h3-6,13-14,28H,7-12H2,1-2H3. The van der Waals surface area contributed by atoms with Crippen LogP contribution in [0, 0.1) is 6.92 Å². The number of morpholine rings is 1. The largest absolute Gasteiger partial charge is 0.497 e. The highest BCUT2D eigenvalue weighted by atomic mass is 32.1. The molecule has 0 spiro atoms. The van der Waals surface area contributed by atoms with E-state index in [1.165, 1.54) is 37.4 Å². The predicted molar refractivity (Wildman–Crippen MR) is 114 cm³/mol. The fourth-order valence-electron chi connectivity index (χ4n) is 3.97. The maximum Gasteiger partial charge on any atom is 0.426 e. The van der Waals surface area contributed by atoms with Gasteiger partial charge in [-0.15, -0.1) is 11.3 Å². The second-order valence-corrected chi connectivity index (χ2v) is 8.73. The predicted octanol–water partition coefficient (Wildman–Crippen LogP) is 4.15. The van der Waals surface area contributed by atoms with Gasteiger partial charge < -0.3 is 19.1 Å². The van der Waals surface area contributed by atoms with Gasteiger partial charge in [0.05, 0.1) is 25.2 Å². The van der Waals surface area contributed by atoms with Crippen molar-refractivity contribution in [3.8, 4) is 5.75 Å². The molecule has 3 aromatic rings. The zero-order valence-electron chi connectivity index (χ0n) is 17.4. The quantitative estimate of drug-likeness (QED) is 0.608. The number of halogens is 3. The molecule has 1 aliphatic heterocycles. The van der Waals surface area contributed by atoms with Crippen LogP contribution in [-0.4, -0.2) is 60.7 Å². The molecule has 0 amide bonds. The van der Waals surface area contributed by atoms with Crippen LogP contribution in [0.15, 0.2) is 36.4 Å². The Bertz CT molecular complexity index is 1040. The van der Waals surface area contributed by atoms with E-state index in [-0.39, 0.29) is 10.4 Å². The maximum atomic E-state index is 14.2. The third kappa shape index (κ3) is 4.07. The molecule has 1 fully saturated rings. The summed E-state index contributed by atoms with van der Waals surface area (Å²) in [7, 11) is 1.44. The maximum absolute atomic E-state index is 14.2. The van der Waals surface area contributed by atoms with Crippen molar-refractivity contribution in [2.24, 2.45) is 0 Å². The Hall–Kier alpha value is -2.07. The van der Waals surface area contributed by atoms with Gasteiger partial charge >= 0.3 is 6.18 Å². The van der Waals surface area contributed by atoms with E-state index in [1.807, 2.05) is 17.6 Å². The molecule has 1 N–H and O–H groups in total. The number of alkyl halides is 3. The van der Waals surface area contributed by atoms with Gasteiger partial charge in [-0.3, -0.25) is 4.90 Å². The number of rotatable bonds is 6. The molecular weight excluding hydrogens is 429 g/mol. The molecule has 0 radical (unpaired) electrons. The van der Waals surface area contributed by atoms with Crippen LogP contribution in [0.2, 0.25) is 0 Å². The number of aliphatic hydroxyl groups is 1. The van der Waals surface area contributed by atoms with E-state index in [0.29, 0.717) is 30.9 Å². The summed E-state index contributed by atoms with van der Waals surface area (Å²) in [6.45, 7) is 6.51. The molecule has 31 heavy (non-hydrogen) atoms. The second-order valence-electron chi connectivity index (χ2n) is 7.70. The Kier molecular flexibility index (Phi) is 6.04. The van der Waals surface area contributed by atoms with Gasteiger partial charge in [0, 0.05) is 37.3 Å². The SMILES string of the molecule is COc1ccc(C(O)(c2cc3cc(C)n(CCN4CCOCC4)c3s2)C(F)(F)F)cc1. The van der Waals surface area contributed by atoms with Crippen molar-refractivity contribution in [1.82, 2.24) is 9.47 Å². The first-order chi connectivity index (χ1) is 14.7. The van der Waals surface area contributed by atoms with E-state index in [0.717, 1.165) is 41.5 Å². The normalized spacial score (nSPS) is 17.7. The van der Waals surface area contributed by atoms with E-state index < -0.39 is 11.8 Å². The molecule has 1 aromatic carbocycles. The minimum Gasteiger partial charge on any atom is -0.497 e. The first-order valence-electron chi connectivity index (χ1n) is 10.1. The van der Waals surface area contributed by atoms with Crippen molar-refractivity contribution in [2.75, 3.05) is 40.0 Å². The molecule has 1 unspecified atom stereocenters. The number of ether oxygens (including phenoxy) is 2. The van der Waals surface area contributed by atoms with Gasteiger partial charge in [0.1, 0.15) is 10.6 Å². The molecular formula is C22H25F3N2O3S. The van der Waals surface area contributed by atoms with Crippen LogP contribution in [0.5, 0.6) is 5.75 Å². The number of aryl methyl sites for hydroxylation is 1. The summed E-state index contributed by atoms with van der Waals surface area (Å²) >= 11 is 0.988. The first-order valence-corrected chi connectivity index (χ1v) is 10.9. The van der Waals surface area contributed by atoms with E-state index in [2.05, 4.69) is 4.90 Å². The highest BCUT2D eigenvalue weighted by Crippen LogP contribution is 2.48. The average molecular weight is 455 g/mol. The molecule has 0 bridgehead atoms. The Labute approximate surface area is 182 Å². The smallest absolute Gasteiger partial charge is 0.426 e. The number of aromatic nitrogens is 1. The summed E-state index contributed by atoms with van der Waals surface area (Å²) in [6.07, 6.45) is -4.88. The van der Waals surface area contributed by atoms with Crippen LogP contribution < -0.4 is 4.74 Å². The summed E-state index contributed by atoms with van der Waals surface area (Å²) in [5.74, 6) is 0.426. The van der Waals surface area contributed by atoms with Crippen LogP contribution in [0.3, 0.4) is 0 Å². The topological polar surface area (TPSA) is 46.9 Å². The van der Waals surface area contributed by atoms with Crippen molar-refractivity contribution in [3.05, 3.63) is 52.5 Å². The lowest BCUT2D eigenvalue weighted by Gasteiger charge is -2.30. The van der Waals surface area contributed by atoms with Gasteiger partial charge in [0.25, 0.3) is 0 Å². The molecule has 0 saturated carbocycles. The number of thiophene rings is 1. The minimum atomic E-state index is -4.88. The monoisotopic (exact) mass is 454 g/mol. The van der Waals surface area contributed by atoms with Gasteiger partial charge in [-0.2, -0.15) is 13.2 Å². The van der Waals surface area contributed by atoms with Crippen molar-refractivity contribution in [3.63, 3.8) is 0 Å². The van der Waals surface area contributed by atoms with Crippen molar-refractivity contribution in [1.29, 1.82) is 0 Å². The van der Waals surface area contributed by atoms with Crippen LogP contribution in [0.1, 0.15) is 16.1 Å². The number of hydrogen-bond acceptors (Lipinski definition) is 5. The van der Waals surface area contributed by atoms with E-state index in [9.17, 15) is 18.3 Å². The molecule has 1 atom stereocenters. The third-order valence-corrected chi connectivity index (χ3v) is 7.08. The number of benzene rings is 1. The number of hydrogen-bond donors (Lipinski definition) is 1. The number of fused-ring (bicyclic) bond motifs is 1. The molecule has 9 heteroatoms. The van der Waals surface area contributed by atoms with Gasteiger partial charge in [0.2, 0.25) is 5.60 Å². The second kappa shape index (κ2) is 8.46. The lowest BCUT2D eigenvalue weighted by molar-refractivity contribution is -0.247. The highest BCUT2D eigenvalue weighted by Gasteiger charge is 2.57. The van der Waals surface area contributed by atoms with Crippen molar-refractivity contribution >= 4 is 21.6 Å². The summed E-state index contributed by atoms with van der Waals surface area (Å²) in [6, 6.07) is 8.69. The lowest BCUT2D eigenvalue weighted by Crippen LogP contribution is -2.42. The van der Waals surface area contributed by atoms with E-state index >= 15 is 0 Å². The molecule has 0 aliphatic carbocycles. The Morgan fingerprint density at radius 2 is 1.77 bits per heavy atom. The molecule has 168 valence electrons. The summed E-state index contributed by atoms with van der Waals surface area (Å²) in [4.78, 5) is 2.87. The molecule has 1 saturated heterocycles. The summed E-state index contributed by atoms with van der Waals surface area (Å²) in [5, 5.41) is 11.7.